The molecule has 0 atom stereocenters. The van der Waals surface area contributed by atoms with Gasteiger partial charge in [-0.05, 0) is 30.5 Å². The molecule has 0 saturated carbocycles. The molecule has 1 N–H and O–H groups in total. The average Bonchev–Trinajstić information content (AvgIpc) is 2.65. The van der Waals surface area contributed by atoms with Gasteiger partial charge in [-0.25, -0.2) is 4.98 Å². The Morgan fingerprint density at radius 2 is 2.27 bits per heavy atom. The van der Waals surface area contributed by atoms with Crippen LogP contribution in [0.25, 0.3) is 10.6 Å². The van der Waals surface area contributed by atoms with Crippen LogP contribution in [0.1, 0.15) is 6.92 Å². The van der Waals surface area contributed by atoms with Crippen molar-refractivity contribution in [2.45, 2.75) is 6.92 Å². The summed E-state index contributed by atoms with van der Waals surface area (Å²) in [5.74, 6) is 0.888. The molecule has 0 radical (unpaired) electrons. The van der Waals surface area contributed by atoms with Crippen LogP contribution in [0, 0.1) is 0 Å². The number of thiophene rings is 1. The van der Waals surface area contributed by atoms with Crippen LogP contribution in [-0.4, -0.2) is 11.5 Å². The number of halogens is 1. The van der Waals surface area contributed by atoms with Crippen LogP contribution in [0.3, 0.4) is 0 Å². The smallest absolute Gasteiger partial charge is 0.126 e. The Hall–Kier alpha value is -1.06. The summed E-state index contributed by atoms with van der Waals surface area (Å²) in [4.78, 5) is 5.51. The lowest BCUT2D eigenvalue weighted by Crippen LogP contribution is -1.99. The van der Waals surface area contributed by atoms with Crippen molar-refractivity contribution in [1.29, 1.82) is 0 Å². The first-order chi connectivity index (χ1) is 7.31. The number of hydrogen-bond acceptors (Lipinski definition) is 3. The van der Waals surface area contributed by atoms with Crippen molar-refractivity contribution < 1.29 is 0 Å². The summed E-state index contributed by atoms with van der Waals surface area (Å²) in [5.41, 5.74) is 0.924. The summed E-state index contributed by atoms with van der Waals surface area (Å²) >= 11 is 7.66. The molecule has 0 aliphatic carbocycles. The normalized spacial score (nSPS) is 10.3. The van der Waals surface area contributed by atoms with Crippen molar-refractivity contribution in [1.82, 2.24) is 4.98 Å². The molecule has 2 aromatic rings. The lowest BCUT2D eigenvalue weighted by Gasteiger charge is -2.04. The van der Waals surface area contributed by atoms with Gasteiger partial charge in [0.2, 0.25) is 0 Å². The van der Waals surface area contributed by atoms with Gasteiger partial charge in [0.05, 0.1) is 15.6 Å². The Bertz CT molecular complexity index is 453. The third-order valence-electron chi connectivity index (χ3n) is 1.96. The minimum absolute atomic E-state index is 0.765. The number of hydrogen-bond donors (Lipinski definition) is 1. The van der Waals surface area contributed by atoms with Crippen molar-refractivity contribution in [3.05, 3.63) is 34.7 Å². The van der Waals surface area contributed by atoms with E-state index in [0.29, 0.717) is 0 Å². The highest BCUT2D eigenvalue weighted by Gasteiger charge is 2.06. The van der Waals surface area contributed by atoms with Gasteiger partial charge in [0, 0.05) is 6.54 Å². The Balaban J connectivity index is 2.37. The quantitative estimate of drug-likeness (QED) is 0.878. The van der Waals surface area contributed by atoms with Gasteiger partial charge in [-0.2, -0.15) is 0 Å². The highest BCUT2D eigenvalue weighted by molar-refractivity contribution is 7.14. The van der Waals surface area contributed by atoms with Crippen molar-refractivity contribution in [3.63, 3.8) is 0 Å². The highest BCUT2D eigenvalue weighted by Crippen LogP contribution is 2.32. The standard InChI is InChI=1S/C11H11ClN2S/c1-2-13-10-5-3-4-9(14-10)11-8(12)6-7-15-11/h3-7H,2H2,1H3,(H,13,14). The summed E-state index contributed by atoms with van der Waals surface area (Å²) in [6.07, 6.45) is 0. The van der Waals surface area contributed by atoms with Gasteiger partial charge in [0.1, 0.15) is 5.82 Å². The summed E-state index contributed by atoms with van der Waals surface area (Å²) in [6, 6.07) is 7.80. The van der Waals surface area contributed by atoms with E-state index in [-0.39, 0.29) is 0 Å². The number of aromatic nitrogens is 1. The van der Waals surface area contributed by atoms with E-state index in [0.717, 1.165) is 28.0 Å². The van der Waals surface area contributed by atoms with Crippen LogP contribution < -0.4 is 5.32 Å². The lowest BCUT2D eigenvalue weighted by molar-refractivity contribution is 1.16. The third kappa shape index (κ3) is 2.30. The van der Waals surface area contributed by atoms with Gasteiger partial charge in [-0.15, -0.1) is 11.3 Å². The van der Waals surface area contributed by atoms with Crippen LogP contribution in [0.5, 0.6) is 0 Å². The molecule has 4 heteroatoms. The lowest BCUT2D eigenvalue weighted by atomic mass is 10.3. The average molecular weight is 239 g/mol. The second-order valence-electron chi connectivity index (χ2n) is 3.04. The molecule has 0 aliphatic rings. The first kappa shape index (κ1) is 10.5. The van der Waals surface area contributed by atoms with Gasteiger partial charge in [-0.1, -0.05) is 17.7 Å². The Morgan fingerprint density at radius 3 is 2.93 bits per heavy atom. The van der Waals surface area contributed by atoms with Crippen LogP contribution in [0.4, 0.5) is 5.82 Å². The second-order valence-corrected chi connectivity index (χ2v) is 4.36. The molecule has 2 nitrogen and oxygen atoms in total. The minimum atomic E-state index is 0.765. The summed E-state index contributed by atoms with van der Waals surface area (Å²) in [7, 11) is 0. The first-order valence-electron chi connectivity index (χ1n) is 4.75. The van der Waals surface area contributed by atoms with Crippen LogP contribution in [0.15, 0.2) is 29.6 Å². The number of nitrogens with one attached hydrogen (secondary N) is 1. The number of nitrogens with zero attached hydrogens (tertiary/aromatic N) is 1. The molecule has 0 aliphatic heterocycles. The monoisotopic (exact) mass is 238 g/mol. The zero-order valence-corrected chi connectivity index (χ0v) is 9.90. The molecule has 0 amide bonds. The molecule has 78 valence electrons. The fourth-order valence-corrected chi connectivity index (χ4v) is 2.44. The van der Waals surface area contributed by atoms with Gasteiger partial charge in [-0.3, -0.25) is 0 Å². The Labute approximate surface area is 97.9 Å². The van der Waals surface area contributed by atoms with Crippen molar-refractivity contribution >= 4 is 28.8 Å². The van der Waals surface area contributed by atoms with Crippen molar-refractivity contribution in [2.75, 3.05) is 11.9 Å². The number of rotatable bonds is 3. The van der Waals surface area contributed by atoms with E-state index in [1.807, 2.05) is 36.6 Å². The van der Waals surface area contributed by atoms with E-state index < -0.39 is 0 Å². The maximum atomic E-state index is 6.05. The predicted molar refractivity (Wildman–Crippen MR) is 66.7 cm³/mol. The second kappa shape index (κ2) is 4.64. The Kier molecular flexibility index (Phi) is 3.23. The van der Waals surface area contributed by atoms with Crippen LogP contribution in [0.2, 0.25) is 5.02 Å². The maximum absolute atomic E-state index is 6.05. The zero-order valence-electron chi connectivity index (χ0n) is 8.33. The van der Waals surface area contributed by atoms with E-state index in [1.165, 1.54) is 0 Å². The van der Waals surface area contributed by atoms with E-state index in [1.54, 1.807) is 11.3 Å². The fraction of sp³-hybridized carbons (Fsp3) is 0.182. The van der Waals surface area contributed by atoms with Crippen LogP contribution in [-0.2, 0) is 0 Å². The molecule has 2 aromatic heterocycles. The van der Waals surface area contributed by atoms with Crippen molar-refractivity contribution in [2.24, 2.45) is 0 Å². The molecule has 0 saturated heterocycles. The van der Waals surface area contributed by atoms with E-state index >= 15 is 0 Å². The number of anilines is 1. The molecule has 0 fully saturated rings. The molecule has 0 unspecified atom stereocenters. The summed E-state index contributed by atoms with van der Waals surface area (Å²) in [6.45, 7) is 2.92. The molecule has 0 aromatic carbocycles. The highest BCUT2D eigenvalue weighted by atomic mass is 35.5. The maximum Gasteiger partial charge on any atom is 0.126 e. The van der Waals surface area contributed by atoms with Gasteiger partial charge in [0.15, 0.2) is 0 Å². The molecule has 15 heavy (non-hydrogen) atoms. The van der Waals surface area contributed by atoms with E-state index in [2.05, 4.69) is 10.3 Å². The van der Waals surface area contributed by atoms with Gasteiger partial charge < -0.3 is 5.32 Å². The zero-order chi connectivity index (χ0) is 10.7. The Morgan fingerprint density at radius 1 is 1.40 bits per heavy atom. The SMILES string of the molecule is CCNc1cccc(-c2sccc2Cl)n1. The van der Waals surface area contributed by atoms with Crippen molar-refractivity contribution in [3.8, 4) is 10.6 Å². The number of pyridine rings is 1. The van der Waals surface area contributed by atoms with E-state index in [4.69, 9.17) is 11.6 Å². The topological polar surface area (TPSA) is 24.9 Å². The third-order valence-corrected chi connectivity index (χ3v) is 3.32. The largest absolute Gasteiger partial charge is 0.370 e. The molecule has 2 rings (SSSR count). The molecular weight excluding hydrogens is 228 g/mol. The predicted octanol–water partition coefficient (Wildman–Crippen LogP) is 3.90. The van der Waals surface area contributed by atoms with E-state index in [9.17, 15) is 0 Å². The first-order valence-corrected chi connectivity index (χ1v) is 6.01. The van der Waals surface area contributed by atoms with Gasteiger partial charge >= 0.3 is 0 Å². The van der Waals surface area contributed by atoms with Crippen LogP contribution >= 0.6 is 22.9 Å². The molecule has 0 bridgehead atoms. The molecule has 2 heterocycles. The molecule has 0 spiro atoms. The fourth-order valence-electron chi connectivity index (χ4n) is 1.32. The minimum Gasteiger partial charge on any atom is -0.370 e. The van der Waals surface area contributed by atoms with Gasteiger partial charge in [0.25, 0.3) is 0 Å². The summed E-state index contributed by atoms with van der Waals surface area (Å²) < 4.78 is 0. The molecular formula is C11H11ClN2S. The summed E-state index contributed by atoms with van der Waals surface area (Å²) in [5, 5.41) is 5.92.